The predicted molar refractivity (Wildman–Crippen MR) is 80.1 cm³/mol. The zero-order valence-corrected chi connectivity index (χ0v) is 12.6. The lowest BCUT2D eigenvalue weighted by Crippen LogP contribution is -2.50. The van der Waals surface area contributed by atoms with Gasteiger partial charge < -0.3 is 4.90 Å². The molecule has 2 aliphatic heterocycles. The highest BCUT2D eigenvalue weighted by Crippen LogP contribution is 2.29. The summed E-state index contributed by atoms with van der Waals surface area (Å²) in [6.07, 6.45) is 2.68. The van der Waals surface area contributed by atoms with E-state index >= 15 is 0 Å². The molecule has 0 spiro atoms. The van der Waals surface area contributed by atoms with E-state index in [4.69, 9.17) is 16.6 Å². The van der Waals surface area contributed by atoms with Gasteiger partial charge in [-0.05, 0) is 44.9 Å². The highest BCUT2D eigenvalue weighted by atomic mass is 35.5. The van der Waals surface area contributed by atoms with Crippen molar-refractivity contribution in [1.82, 2.24) is 9.88 Å². The van der Waals surface area contributed by atoms with Crippen LogP contribution in [0.3, 0.4) is 0 Å². The normalized spacial score (nSPS) is 23.7. The first kappa shape index (κ1) is 13.2. The van der Waals surface area contributed by atoms with E-state index in [0.717, 1.165) is 30.6 Å². The average molecular weight is 280 g/mol. The number of alkyl halides is 1. The zero-order chi connectivity index (χ0) is 13.4. The van der Waals surface area contributed by atoms with Crippen LogP contribution in [0.4, 0.5) is 5.82 Å². The van der Waals surface area contributed by atoms with E-state index in [1.807, 2.05) is 0 Å². The smallest absolute Gasteiger partial charge is 0.133 e. The van der Waals surface area contributed by atoms with Crippen LogP contribution in [0.5, 0.6) is 0 Å². The lowest BCUT2D eigenvalue weighted by Gasteiger charge is -2.39. The van der Waals surface area contributed by atoms with Crippen molar-refractivity contribution < 1.29 is 0 Å². The van der Waals surface area contributed by atoms with Crippen molar-refractivity contribution in [2.24, 2.45) is 0 Å². The van der Waals surface area contributed by atoms with Crippen molar-refractivity contribution in [3.05, 3.63) is 22.9 Å². The Morgan fingerprint density at radius 3 is 2.95 bits per heavy atom. The summed E-state index contributed by atoms with van der Waals surface area (Å²) in [5.41, 5.74) is 3.57. The second kappa shape index (κ2) is 5.29. The number of aryl methyl sites for hydroxylation is 2. The van der Waals surface area contributed by atoms with Crippen LogP contribution in [-0.2, 0) is 5.88 Å². The standard InChI is InChI=1S/C15H22ClN3/c1-11-8-12(2)17-15(14(11)9-16)19-7-6-18-5-3-4-13(18)10-19/h8,13H,3-7,9-10H2,1-2H3. The first-order chi connectivity index (χ1) is 9.19. The molecule has 3 nitrogen and oxygen atoms in total. The molecule has 1 unspecified atom stereocenters. The average Bonchev–Trinajstić information content (AvgIpc) is 2.85. The molecule has 2 aliphatic rings. The minimum atomic E-state index is 0.555. The summed E-state index contributed by atoms with van der Waals surface area (Å²) in [5, 5.41) is 0. The quantitative estimate of drug-likeness (QED) is 0.776. The van der Waals surface area contributed by atoms with Gasteiger partial charge >= 0.3 is 0 Å². The van der Waals surface area contributed by atoms with Crippen LogP contribution in [0.25, 0.3) is 0 Å². The second-order valence-electron chi connectivity index (χ2n) is 5.79. The SMILES string of the molecule is Cc1cc(C)c(CCl)c(N2CCN3CCCC3C2)n1. The van der Waals surface area contributed by atoms with Gasteiger partial charge in [-0.1, -0.05) is 0 Å². The Hall–Kier alpha value is -0.800. The van der Waals surface area contributed by atoms with Gasteiger partial charge in [-0.3, -0.25) is 4.90 Å². The van der Waals surface area contributed by atoms with Crippen molar-refractivity contribution in [2.75, 3.05) is 31.1 Å². The molecule has 1 atom stereocenters. The van der Waals surface area contributed by atoms with Crippen molar-refractivity contribution in [1.29, 1.82) is 0 Å². The highest BCUT2D eigenvalue weighted by molar-refractivity contribution is 6.17. The molecule has 2 fully saturated rings. The fourth-order valence-electron chi connectivity index (χ4n) is 3.45. The van der Waals surface area contributed by atoms with Crippen molar-refractivity contribution >= 4 is 17.4 Å². The lowest BCUT2D eigenvalue weighted by atomic mass is 10.1. The summed E-state index contributed by atoms with van der Waals surface area (Å²) in [4.78, 5) is 9.84. The maximum atomic E-state index is 6.14. The molecule has 1 aromatic rings. The van der Waals surface area contributed by atoms with Gasteiger partial charge in [0.1, 0.15) is 5.82 Å². The Labute approximate surface area is 120 Å². The fourth-order valence-corrected chi connectivity index (χ4v) is 3.78. The Balaban J connectivity index is 1.89. The minimum Gasteiger partial charge on any atom is -0.353 e. The number of nitrogens with zero attached hydrogens (tertiary/aromatic N) is 3. The molecule has 0 radical (unpaired) electrons. The number of piperazine rings is 1. The molecule has 2 saturated heterocycles. The van der Waals surface area contributed by atoms with Gasteiger partial charge in [0.2, 0.25) is 0 Å². The summed E-state index contributed by atoms with van der Waals surface area (Å²) in [6.45, 7) is 8.85. The van der Waals surface area contributed by atoms with E-state index in [-0.39, 0.29) is 0 Å². The van der Waals surface area contributed by atoms with Crippen LogP contribution in [0.2, 0.25) is 0 Å². The molecule has 0 saturated carbocycles. The maximum Gasteiger partial charge on any atom is 0.133 e. The van der Waals surface area contributed by atoms with E-state index < -0.39 is 0 Å². The molecule has 0 aromatic carbocycles. The Morgan fingerprint density at radius 2 is 2.16 bits per heavy atom. The molecule has 4 heteroatoms. The van der Waals surface area contributed by atoms with Gasteiger partial charge in [0.05, 0.1) is 5.88 Å². The Bertz CT molecular complexity index is 475. The minimum absolute atomic E-state index is 0.555. The van der Waals surface area contributed by atoms with Crippen molar-refractivity contribution in [3.8, 4) is 0 Å². The summed E-state index contributed by atoms with van der Waals surface area (Å²) in [6, 6.07) is 2.85. The highest BCUT2D eigenvalue weighted by Gasteiger charge is 2.31. The van der Waals surface area contributed by atoms with Crippen LogP contribution < -0.4 is 4.90 Å². The van der Waals surface area contributed by atoms with E-state index in [2.05, 4.69) is 29.7 Å². The second-order valence-corrected chi connectivity index (χ2v) is 6.06. The number of anilines is 1. The number of fused-ring (bicyclic) bond motifs is 1. The third-order valence-electron chi connectivity index (χ3n) is 4.47. The van der Waals surface area contributed by atoms with Crippen LogP contribution in [0.15, 0.2) is 6.07 Å². The van der Waals surface area contributed by atoms with Gasteiger partial charge in [0.15, 0.2) is 0 Å². The molecule has 0 bridgehead atoms. The monoisotopic (exact) mass is 279 g/mol. The lowest BCUT2D eigenvalue weighted by molar-refractivity contribution is 0.230. The summed E-state index contributed by atoms with van der Waals surface area (Å²) >= 11 is 6.14. The summed E-state index contributed by atoms with van der Waals surface area (Å²) in [7, 11) is 0. The summed E-state index contributed by atoms with van der Waals surface area (Å²) in [5.74, 6) is 1.68. The Kier molecular flexibility index (Phi) is 3.68. The fraction of sp³-hybridized carbons (Fsp3) is 0.667. The van der Waals surface area contributed by atoms with Crippen LogP contribution in [0, 0.1) is 13.8 Å². The van der Waals surface area contributed by atoms with Gasteiger partial charge in [0, 0.05) is 36.9 Å². The van der Waals surface area contributed by atoms with Crippen LogP contribution in [-0.4, -0.2) is 42.1 Å². The van der Waals surface area contributed by atoms with Crippen molar-refractivity contribution in [2.45, 2.75) is 38.6 Å². The third kappa shape index (κ3) is 2.46. The molecule has 104 valence electrons. The Morgan fingerprint density at radius 1 is 1.32 bits per heavy atom. The number of pyridine rings is 1. The number of aromatic nitrogens is 1. The maximum absolute atomic E-state index is 6.14. The third-order valence-corrected chi connectivity index (χ3v) is 4.74. The molecule has 0 aliphatic carbocycles. The molecule has 1 aromatic heterocycles. The zero-order valence-electron chi connectivity index (χ0n) is 11.8. The number of rotatable bonds is 2. The molecular formula is C15H22ClN3. The first-order valence-corrected chi connectivity index (χ1v) is 7.74. The molecule has 0 amide bonds. The molecule has 3 heterocycles. The van der Waals surface area contributed by atoms with Gasteiger partial charge in [-0.25, -0.2) is 4.98 Å². The van der Waals surface area contributed by atoms with Crippen LogP contribution >= 0.6 is 11.6 Å². The molecule has 3 rings (SSSR count). The van der Waals surface area contributed by atoms with Crippen molar-refractivity contribution in [3.63, 3.8) is 0 Å². The van der Waals surface area contributed by atoms with E-state index in [1.54, 1.807) is 0 Å². The topological polar surface area (TPSA) is 19.4 Å². The van der Waals surface area contributed by atoms with E-state index in [1.165, 1.54) is 37.1 Å². The summed E-state index contributed by atoms with van der Waals surface area (Å²) < 4.78 is 0. The number of hydrogen-bond donors (Lipinski definition) is 0. The predicted octanol–water partition coefficient (Wildman–Crippen LogP) is 2.72. The molecule has 19 heavy (non-hydrogen) atoms. The first-order valence-electron chi connectivity index (χ1n) is 7.21. The largest absolute Gasteiger partial charge is 0.353 e. The van der Waals surface area contributed by atoms with E-state index in [9.17, 15) is 0 Å². The number of halogens is 1. The van der Waals surface area contributed by atoms with Gasteiger partial charge in [-0.15, -0.1) is 11.6 Å². The molecule has 0 N–H and O–H groups in total. The van der Waals surface area contributed by atoms with Crippen LogP contribution in [0.1, 0.15) is 29.7 Å². The van der Waals surface area contributed by atoms with Gasteiger partial charge in [-0.2, -0.15) is 0 Å². The number of hydrogen-bond acceptors (Lipinski definition) is 3. The van der Waals surface area contributed by atoms with Gasteiger partial charge in [0.25, 0.3) is 0 Å². The van der Waals surface area contributed by atoms with E-state index in [0.29, 0.717) is 5.88 Å². The molecular weight excluding hydrogens is 258 g/mol.